The number of amides is 2. The molecule has 2 aromatic rings. The number of aryl methyl sites for hydroxylation is 1. The predicted octanol–water partition coefficient (Wildman–Crippen LogP) is 2.28. The van der Waals surface area contributed by atoms with Crippen LogP contribution in [-0.4, -0.2) is 29.4 Å². The van der Waals surface area contributed by atoms with Crippen molar-refractivity contribution in [2.75, 3.05) is 19.0 Å². The van der Waals surface area contributed by atoms with Gasteiger partial charge in [0.2, 0.25) is 0 Å². The second-order valence-electron chi connectivity index (χ2n) is 4.96. The molecule has 1 aromatic carbocycles. The van der Waals surface area contributed by atoms with E-state index in [-0.39, 0.29) is 6.03 Å². The molecule has 6 heteroatoms. The predicted molar refractivity (Wildman–Crippen MR) is 85.0 cm³/mol. The Labute approximate surface area is 129 Å². The summed E-state index contributed by atoms with van der Waals surface area (Å²) in [6.45, 7) is 0.377. The van der Waals surface area contributed by atoms with Gasteiger partial charge in [0.1, 0.15) is 5.75 Å². The van der Waals surface area contributed by atoms with Crippen molar-refractivity contribution < 1.29 is 14.6 Å². The molecule has 1 atom stereocenters. The molecule has 0 radical (unpaired) electrons. The molecular weight excluding hydrogens is 282 g/mol. The molecule has 2 amide bonds. The third-order valence-electron chi connectivity index (χ3n) is 3.36. The van der Waals surface area contributed by atoms with Crippen LogP contribution in [0.15, 0.2) is 42.6 Å². The van der Waals surface area contributed by atoms with Crippen LogP contribution in [0, 0.1) is 0 Å². The number of benzene rings is 1. The number of carbonyl (C=O) groups excluding carboxylic acids is 1. The van der Waals surface area contributed by atoms with E-state index in [1.54, 1.807) is 31.4 Å². The number of ether oxygens (including phenoxy) is 1. The van der Waals surface area contributed by atoms with Crippen LogP contribution in [0.3, 0.4) is 0 Å². The third-order valence-corrected chi connectivity index (χ3v) is 3.36. The van der Waals surface area contributed by atoms with Gasteiger partial charge in [-0.2, -0.15) is 0 Å². The van der Waals surface area contributed by atoms with Gasteiger partial charge in [-0.15, -0.1) is 0 Å². The zero-order valence-corrected chi connectivity index (χ0v) is 12.7. The van der Waals surface area contributed by atoms with Crippen LogP contribution >= 0.6 is 0 Å². The summed E-state index contributed by atoms with van der Waals surface area (Å²) in [6, 6.07) is 10.5. The highest BCUT2D eigenvalue weighted by atomic mass is 16.5. The lowest BCUT2D eigenvalue weighted by atomic mass is 10.2. The molecule has 0 saturated carbocycles. The summed E-state index contributed by atoms with van der Waals surface area (Å²) in [5.74, 6) is 0.678. The molecule has 118 valence electrons. The van der Waals surface area contributed by atoms with E-state index in [4.69, 9.17) is 4.74 Å². The van der Waals surface area contributed by atoms with Gasteiger partial charge < -0.3 is 25.0 Å². The quantitative estimate of drug-likeness (QED) is 0.766. The lowest BCUT2D eigenvalue weighted by molar-refractivity contribution is 0.159. The number of aromatic nitrogens is 1. The fraction of sp³-hybridized carbons (Fsp3) is 0.312. The number of methoxy groups -OCH3 is 1. The Morgan fingerprint density at radius 1 is 1.36 bits per heavy atom. The van der Waals surface area contributed by atoms with E-state index in [1.807, 2.05) is 29.9 Å². The molecule has 0 aliphatic rings. The SMILES string of the molecule is COc1cccc(NC(=O)NCCC(O)c2cccn2C)c1. The van der Waals surface area contributed by atoms with Gasteiger partial charge in [0.15, 0.2) is 0 Å². The summed E-state index contributed by atoms with van der Waals surface area (Å²) in [5, 5.41) is 15.5. The Bertz CT molecular complexity index is 625. The third kappa shape index (κ3) is 4.26. The van der Waals surface area contributed by atoms with E-state index in [0.717, 1.165) is 5.69 Å². The van der Waals surface area contributed by atoms with Crippen LogP contribution in [-0.2, 0) is 7.05 Å². The number of nitrogens with one attached hydrogen (secondary N) is 2. The first-order valence-electron chi connectivity index (χ1n) is 7.08. The average molecular weight is 303 g/mol. The summed E-state index contributed by atoms with van der Waals surface area (Å²) in [5.41, 5.74) is 1.48. The molecule has 0 fully saturated rings. The number of carbonyl (C=O) groups is 1. The first-order valence-corrected chi connectivity index (χ1v) is 7.08. The van der Waals surface area contributed by atoms with E-state index in [2.05, 4.69) is 10.6 Å². The molecule has 1 unspecified atom stereocenters. The van der Waals surface area contributed by atoms with Gasteiger partial charge in [-0.25, -0.2) is 4.79 Å². The van der Waals surface area contributed by atoms with E-state index in [1.165, 1.54) is 0 Å². The second-order valence-corrected chi connectivity index (χ2v) is 4.96. The van der Waals surface area contributed by atoms with Crippen molar-refractivity contribution in [3.63, 3.8) is 0 Å². The molecule has 0 spiro atoms. The first-order chi connectivity index (χ1) is 10.6. The standard InChI is InChI=1S/C16H21N3O3/c1-19-10-4-7-14(19)15(20)8-9-17-16(21)18-12-5-3-6-13(11-12)22-2/h3-7,10-11,15,20H,8-9H2,1-2H3,(H2,17,18,21). The van der Waals surface area contributed by atoms with Crippen LogP contribution in [0.5, 0.6) is 5.75 Å². The highest BCUT2D eigenvalue weighted by Gasteiger charge is 2.10. The molecule has 0 aliphatic heterocycles. The molecule has 3 N–H and O–H groups in total. The van der Waals surface area contributed by atoms with E-state index >= 15 is 0 Å². The fourth-order valence-electron chi connectivity index (χ4n) is 2.17. The van der Waals surface area contributed by atoms with Gasteiger partial charge in [0.25, 0.3) is 0 Å². The number of aliphatic hydroxyl groups is 1. The molecule has 22 heavy (non-hydrogen) atoms. The number of nitrogens with zero attached hydrogens (tertiary/aromatic N) is 1. The number of hydrogen-bond acceptors (Lipinski definition) is 3. The summed E-state index contributed by atoms with van der Waals surface area (Å²) >= 11 is 0. The van der Waals surface area contributed by atoms with Crippen molar-refractivity contribution in [1.82, 2.24) is 9.88 Å². The van der Waals surface area contributed by atoms with Gasteiger partial charge in [0, 0.05) is 37.2 Å². The minimum absolute atomic E-state index is 0.313. The van der Waals surface area contributed by atoms with Gasteiger partial charge in [-0.3, -0.25) is 0 Å². The van der Waals surface area contributed by atoms with Crippen molar-refractivity contribution in [3.8, 4) is 5.75 Å². The fourth-order valence-corrected chi connectivity index (χ4v) is 2.17. The minimum atomic E-state index is -0.600. The molecule has 1 aromatic heterocycles. The van der Waals surface area contributed by atoms with Crippen LogP contribution < -0.4 is 15.4 Å². The lowest BCUT2D eigenvalue weighted by Gasteiger charge is -2.13. The number of hydrogen-bond donors (Lipinski definition) is 3. The van der Waals surface area contributed by atoms with Crippen LogP contribution in [0.4, 0.5) is 10.5 Å². The maximum Gasteiger partial charge on any atom is 0.319 e. The molecule has 0 aliphatic carbocycles. The van der Waals surface area contributed by atoms with Gasteiger partial charge in [-0.05, 0) is 30.7 Å². The van der Waals surface area contributed by atoms with Crippen molar-refractivity contribution in [3.05, 3.63) is 48.3 Å². The van der Waals surface area contributed by atoms with Crippen LogP contribution in [0.2, 0.25) is 0 Å². The number of aliphatic hydroxyl groups excluding tert-OH is 1. The van der Waals surface area contributed by atoms with Gasteiger partial charge in [-0.1, -0.05) is 6.07 Å². The molecule has 2 rings (SSSR count). The monoisotopic (exact) mass is 303 g/mol. The normalized spacial score (nSPS) is 11.8. The summed E-state index contributed by atoms with van der Waals surface area (Å²) in [6.07, 6.45) is 1.72. The highest BCUT2D eigenvalue weighted by Crippen LogP contribution is 2.17. The first kappa shape index (κ1) is 15.9. The molecule has 6 nitrogen and oxygen atoms in total. The van der Waals surface area contributed by atoms with Gasteiger partial charge in [0.05, 0.1) is 13.2 Å². The summed E-state index contributed by atoms with van der Waals surface area (Å²) in [7, 11) is 3.45. The van der Waals surface area contributed by atoms with Crippen LogP contribution in [0.25, 0.3) is 0 Å². The number of anilines is 1. The minimum Gasteiger partial charge on any atom is -0.497 e. The number of urea groups is 1. The van der Waals surface area contributed by atoms with Crippen molar-refractivity contribution in [2.24, 2.45) is 7.05 Å². The van der Waals surface area contributed by atoms with E-state index in [0.29, 0.717) is 24.4 Å². The van der Waals surface area contributed by atoms with Crippen molar-refractivity contribution in [1.29, 1.82) is 0 Å². The maximum atomic E-state index is 11.8. The zero-order chi connectivity index (χ0) is 15.9. The highest BCUT2D eigenvalue weighted by molar-refractivity contribution is 5.89. The maximum absolute atomic E-state index is 11.8. The Balaban J connectivity index is 1.77. The van der Waals surface area contributed by atoms with Crippen molar-refractivity contribution >= 4 is 11.7 Å². The molecule has 0 bridgehead atoms. The molecule has 1 heterocycles. The Morgan fingerprint density at radius 3 is 2.86 bits per heavy atom. The largest absolute Gasteiger partial charge is 0.497 e. The summed E-state index contributed by atoms with van der Waals surface area (Å²) in [4.78, 5) is 11.8. The zero-order valence-electron chi connectivity index (χ0n) is 12.7. The topological polar surface area (TPSA) is 75.5 Å². The molecular formula is C16H21N3O3. The van der Waals surface area contributed by atoms with E-state index < -0.39 is 6.10 Å². The number of rotatable bonds is 6. The van der Waals surface area contributed by atoms with Crippen LogP contribution in [0.1, 0.15) is 18.2 Å². The second kappa shape index (κ2) is 7.51. The Morgan fingerprint density at radius 2 is 2.18 bits per heavy atom. The van der Waals surface area contributed by atoms with Gasteiger partial charge >= 0.3 is 6.03 Å². The van der Waals surface area contributed by atoms with E-state index in [9.17, 15) is 9.90 Å². The van der Waals surface area contributed by atoms with Crippen molar-refractivity contribution in [2.45, 2.75) is 12.5 Å². The Hall–Kier alpha value is -2.47. The Kier molecular flexibility index (Phi) is 5.43. The summed E-state index contributed by atoms with van der Waals surface area (Å²) < 4.78 is 6.96. The lowest BCUT2D eigenvalue weighted by Crippen LogP contribution is -2.30. The molecule has 0 saturated heterocycles. The smallest absolute Gasteiger partial charge is 0.319 e. The average Bonchev–Trinajstić information content (AvgIpc) is 2.93.